The fraction of sp³-hybridized carbons (Fsp3) is 0.200. The van der Waals surface area contributed by atoms with Crippen molar-refractivity contribution in [3.63, 3.8) is 0 Å². The number of nitrogens with zero attached hydrogens (tertiary/aromatic N) is 1. The van der Waals surface area contributed by atoms with E-state index in [1.807, 2.05) is 17.4 Å². The second kappa shape index (κ2) is 5.38. The number of hydrogen-bond donors (Lipinski definition) is 2. The van der Waals surface area contributed by atoms with Crippen LogP contribution in [0.25, 0.3) is 16.6 Å². The lowest BCUT2D eigenvalue weighted by atomic mass is 10.2. The van der Waals surface area contributed by atoms with E-state index in [0.29, 0.717) is 22.5 Å². The van der Waals surface area contributed by atoms with Crippen LogP contribution in [0.2, 0.25) is 5.02 Å². The van der Waals surface area contributed by atoms with Crippen molar-refractivity contribution in [2.45, 2.75) is 13.3 Å². The van der Waals surface area contributed by atoms with E-state index < -0.39 is 6.16 Å². The van der Waals surface area contributed by atoms with Gasteiger partial charge in [-0.15, -0.1) is 0 Å². The zero-order chi connectivity index (χ0) is 15.9. The molecule has 0 saturated carbocycles. The maximum atomic E-state index is 12.2. The monoisotopic (exact) mass is 320 g/mol. The average molecular weight is 321 g/mol. The van der Waals surface area contributed by atoms with Crippen molar-refractivity contribution >= 4 is 34.3 Å². The molecule has 3 aromatic rings. The predicted molar refractivity (Wildman–Crippen MR) is 83.0 cm³/mol. The van der Waals surface area contributed by atoms with Crippen molar-refractivity contribution in [3.05, 3.63) is 50.9 Å². The molecule has 2 heterocycles. The van der Waals surface area contributed by atoms with Gasteiger partial charge in [0.1, 0.15) is 12.1 Å². The molecule has 0 fully saturated rings. The van der Waals surface area contributed by atoms with E-state index in [1.54, 1.807) is 18.2 Å². The number of carbonyl (C=O) groups is 1. The van der Waals surface area contributed by atoms with Gasteiger partial charge in [-0.3, -0.25) is 4.79 Å². The lowest BCUT2D eigenvalue weighted by molar-refractivity contribution is 0.0924. The number of halogens is 1. The minimum Gasteiger partial charge on any atom is -0.450 e. The van der Waals surface area contributed by atoms with Crippen LogP contribution in [0, 0.1) is 6.92 Å². The van der Waals surface area contributed by atoms with Gasteiger partial charge in [0.15, 0.2) is 0 Å². The fourth-order valence-corrected chi connectivity index (χ4v) is 2.82. The first kappa shape index (κ1) is 14.5. The van der Waals surface area contributed by atoms with Crippen LogP contribution in [0.3, 0.4) is 0 Å². The van der Waals surface area contributed by atoms with Gasteiger partial charge in [-0.1, -0.05) is 11.6 Å². The van der Waals surface area contributed by atoms with Gasteiger partial charge in [0.2, 0.25) is 0 Å². The summed E-state index contributed by atoms with van der Waals surface area (Å²) in [6, 6.07) is 7.03. The van der Waals surface area contributed by atoms with E-state index in [9.17, 15) is 9.59 Å². The number of ether oxygens (including phenoxy) is 1. The van der Waals surface area contributed by atoms with Crippen molar-refractivity contribution in [3.8, 4) is 0 Å². The number of H-pyrrole nitrogens is 1. The van der Waals surface area contributed by atoms with Gasteiger partial charge >= 0.3 is 6.16 Å². The minimum absolute atomic E-state index is 0.0319. The summed E-state index contributed by atoms with van der Waals surface area (Å²) in [4.78, 5) is 25.5. The lowest BCUT2D eigenvalue weighted by Crippen LogP contribution is -2.12. The van der Waals surface area contributed by atoms with Crippen LogP contribution in [0.4, 0.5) is 4.79 Å². The zero-order valence-corrected chi connectivity index (χ0v) is 12.5. The molecular formula is C15H13ClN2O4. The smallest absolute Gasteiger partial charge is 0.450 e. The van der Waals surface area contributed by atoms with Crippen molar-refractivity contribution in [2.24, 2.45) is 0 Å². The summed E-state index contributed by atoms with van der Waals surface area (Å²) in [5.74, 6) is 0. The van der Waals surface area contributed by atoms with E-state index in [-0.39, 0.29) is 12.2 Å². The molecule has 114 valence electrons. The highest BCUT2D eigenvalue weighted by Gasteiger charge is 2.13. The van der Waals surface area contributed by atoms with Gasteiger partial charge in [-0.25, -0.2) is 4.79 Å². The molecule has 3 rings (SSSR count). The number of benzene rings is 1. The van der Waals surface area contributed by atoms with Crippen LogP contribution in [-0.4, -0.2) is 27.3 Å². The zero-order valence-electron chi connectivity index (χ0n) is 11.7. The molecule has 22 heavy (non-hydrogen) atoms. The van der Waals surface area contributed by atoms with Crippen LogP contribution < -0.4 is 5.56 Å². The average Bonchev–Trinajstić information content (AvgIpc) is 2.76. The Balaban J connectivity index is 2.23. The number of hydrogen-bond acceptors (Lipinski definition) is 3. The molecule has 0 spiro atoms. The Kier molecular flexibility index (Phi) is 3.54. The number of carboxylic acid groups (broad SMARTS) is 1. The molecule has 6 nitrogen and oxygen atoms in total. The molecule has 0 aliphatic rings. The van der Waals surface area contributed by atoms with Crippen molar-refractivity contribution in [1.82, 2.24) is 9.38 Å². The number of aromatic amines is 1. The van der Waals surface area contributed by atoms with Crippen molar-refractivity contribution < 1.29 is 14.6 Å². The quantitative estimate of drug-likeness (QED) is 0.727. The van der Waals surface area contributed by atoms with Crippen LogP contribution in [-0.2, 0) is 11.2 Å². The number of fused-ring (bicyclic) bond motifs is 3. The topological polar surface area (TPSA) is 83.8 Å². The normalized spacial score (nSPS) is 11.2. The summed E-state index contributed by atoms with van der Waals surface area (Å²) in [5.41, 5.74) is 3.47. The van der Waals surface area contributed by atoms with Crippen molar-refractivity contribution in [1.29, 1.82) is 0 Å². The molecule has 2 N–H and O–H groups in total. The third-order valence-electron chi connectivity index (χ3n) is 3.56. The molecular weight excluding hydrogens is 308 g/mol. The standard InChI is InChI=1S/C15H13ClN2O4/c1-8-6-13-14(19)17-10-7-9(16)2-3-12(10)18(13)11(8)4-5-22-15(20)21/h2-3,6-7H,4-5H2,1H3,(H,17,19)(H,20,21). The Morgan fingerprint density at radius 2 is 2.14 bits per heavy atom. The SMILES string of the molecule is Cc1cc2c(=O)[nH]c3cc(Cl)ccc3n2c1CCOC(=O)O. The number of aromatic nitrogens is 2. The Hall–Kier alpha value is -2.47. The minimum atomic E-state index is -1.31. The summed E-state index contributed by atoms with van der Waals surface area (Å²) in [7, 11) is 0. The summed E-state index contributed by atoms with van der Waals surface area (Å²) in [6.45, 7) is 1.91. The summed E-state index contributed by atoms with van der Waals surface area (Å²) >= 11 is 5.97. The molecule has 0 amide bonds. The van der Waals surface area contributed by atoms with Crippen LogP contribution in [0.1, 0.15) is 11.3 Å². The van der Waals surface area contributed by atoms with Crippen LogP contribution >= 0.6 is 11.6 Å². The Morgan fingerprint density at radius 3 is 2.86 bits per heavy atom. The Bertz CT molecular complexity index is 942. The van der Waals surface area contributed by atoms with Gasteiger partial charge in [0.05, 0.1) is 11.0 Å². The molecule has 1 aromatic carbocycles. The van der Waals surface area contributed by atoms with E-state index in [4.69, 9.17) is 16.7 Å². The largest absolute Gasteiger partial charge is 0.505 e. The summed E-state index contributed by atoms with van der Waals surface area (Å²) in [5, 5.41) is 9.10. The van der Waals surface area contributed by atoms with Gasteiger partial charge in [-0.2, -0.15) is 0 Å². The first-order chi connectivity index (χ1) is 10.5. The molecule has 0 radical (unpaired) electrons. The Morgan fingerprint density at radius 1 is 1.36 bits per heavy atom. The highest BCUT2D eigenvalue weighted by Crippen LogP contribution is 2.22. The van der Waals surface area contributed by atoms with Gasteiger partial charge in [0.25, 0.3) is 5.56 Å². The molecule has 0 unspecified atom stereocenters. The maximum Gasteiger partial charge on any atom is 0.505 e. The first-order valence-corrected chi connectivity index (χ1v) is 7.03. The van der Waals surface area contributed by atoms with Crippen molar-refractivity contribution in [2.75, 3.05) is 6.61 Å². The molecule has 0 atom stereocenters. The van der Waals surface area contributed by atoms with Gasteiger partial charge in [0, 0.05) is 17.1 Å². The number of rotatable bonds is 3. The third kappa shape index (κ3) is 2.42. The molecule has 0 aliphatic carbocycles. The van der Waals surface area contributed by atoms with Gasteiger partial charge in [-0.05, 0) is 36.8 Å². The highest BCUT2D eigenvalue weighted by atomic mass is 35.5. The molecule has 0 saturated heterocycles. The second-order valence-corrected chi connectivity index (χ2v) is 5.41. The van der Waals surface area contributed by atoms with E-state index >= 15 is 0 Å². The molecule has 0 aliphatic heterocycles. The number of aryl methyl sites for hydroxylation is 1. The molecule has 7 heteroatoms. The summed E-state index contributed by atoms with van der Waals surface area (Å²) in [6.07, 6.45) is -0.930. The van der Waals surface area contributed by atoms with E-state index in [2.05, 4.69) is 9.72 Å². The molecule has 2 aromatic heterocycles. The third-order valence-corrected chi connectivity index (χ3v) is 3.80. The summed E-state index contributed by atoms with van der Waals surface area (Å²) < 4.78 is 6.40. The lowest BCUT2D eigenvalue weighted by Gasteiger charge is -2.08. The van der Waals surface area contributed by atoms with Crippen LogP contribution in [0.5, 0.6) is 0 Å². The number of nitrogens with one attached hydrogen (secondary N) is 1. The van der Waals surface area contributed by atoms with Gasteiger partial charge < -0.3 is 19.2 Å². The second-order valence-electron chi connectivity index (χ2n) is 4.97. The predicted octanol–water partition coefficient (Wildman–Crippen LogP) is 2.98. The first-order valence-electron chi connectivity index (χ1n) is 6.65. The fourth-order valence-electron chi connectivity index (χ4n) is 2.65. The Labute approximate surface area is 129 Å². The molecule has 0 bridgehead atoms. The van der Waals surface area contributed by atoms with Crippen LogP contribution in [0.15, 0.2) is 29.1 Å². The van der Waals surface area contributed by atoms with E-state index in [0.717, 1.165) is 16.8 Å². The van der Waals surface area contributed by atoms with E-state index in [1.165, 1.54) is 0 Å². The maximum absolute atomic E-state index is 12.2. The highest BCUT2D eigenvalue weighted by molar-refractivity contribution is 6.31.